The van der Waals surface area contributed by atoms with Gasteiger partial charge in [0.1, 0.15) is 0 Å². The van der Waals surface area contributed by atoms with E-state index in [1.807, 2.05) is 18.2 Å². The monoisotopic (exact) mass is 445 g/mol. The van der Waals surface area contributed by atoms with Crippen molar-refractivity contribution in [3.05, 3.63) is 66.5 Å². The van der Waals surface area contributed by atoms with Crippen molar-refractivity contribution in [3.63, 3.8) is 0 Å². The molecule has 31 heavy (non-hydrogen) atoms. The average Bonchev–Trinajstić information content (AvgIpc) is 3.17. The van der Waals surface area contributed by atoms with Gasteiger partial charge in [0.15, 0.2) is 6.10 Å². The molecule has 2 heterocycles. The lowest BCUT2D eigenvalue weighted by atomic mass is 10.0. The van der Waals surface area contributed by atoms with Gasteiger partial charge in [-0.15, -0.1) is 0 Å². The lowest BCUT2D eigenvalue weighted by Gasteiger charge is -2.37. The lowest BCUT2D eigenvalue weighted by molar-refractivity contribution is -0.130. The highest BCUT2D eigenvalue weighted by molar-refractivity contribution is 7.20. The van der Waals surface area contributed by atoms with Crippen LogP contribution in [-0.4, -0.2) is 40.9 Å². The summed E-state index contributed by atoms with van der Waals surface area (Å²) in [7, 11) is 0. The molecule has 0 radical (unpaired) electrons. The molecule has 0 saturated carbocycles. The number of rotatable bonds is 5. The quantitative estimate of drug-likeness (QED) is 0.462. The van der Waals surface area contributed by atoms with Crippen LogP contribution in [0, 0.1) is 0 Å². The fourth-order valence-corrected chi connectivity index (χ4v) is 4.22. The van der Waals surface area contributed by atoms with Crippen LogP contribution in [0.1, 0.15) is 16.8 Å². The second-order valence-corrected chi connectivity index (χ2v) is 8.11. The molecule has 1 fully saturated rings. The number of hydrogen-bond donors (Lipinski definition) is 2. The second-order valence-electron chi connectivity index (χ2n) is 7.12. The van der Waals surface area contributed by atoms with E-state index >= 15 is 0 Å². The Kier molecular flexibility index (Phi) is 5.75. The fraction of sp³-hybridized carbons (Fsp3) is 0.238. The number of fused-ring (bicyclic) bond motifs is 1. The van der Waals surface area contributed by atoms with Gasteiger partial charge in [-0.1, -0.05) is 29.5 Å². The van der Waals surface area contributed by atoms with Crippen LogP contribution in [-0.2, 0) is 0 Å². The lowest BCUT2D eigenvalue weighted by Crippen LogP contribution is -2.55. The highest BCUT2D eigenvalue weighted by Crippen LogP contribution is 2.35. The molecule has 3 aromatic rings. The number of para-hydroxylation sites is 1. The topological polar surface area (TPSA) is 97.7 Å². The van der Waals surface area contributed by atoms with Gasteiger partial charge in [0, 0.05) is 30.9 Å². The molecule has 1 saturated heterocycles. The minimum atomic E-state index is -3.07. The van der Waals surface area contributed by atoms with Gasteiger partial charge in [0.2, 0.25) is 0 Å². The zero-order valence-electron chi connectivity index (χ0n) is 16.4. The van der Waals surface area contributed by atoms with Crippen molar-refractivity contribution in [1.82, 2.24) is 9.88 Å². The number of anilines is 1. The van der Waals surface area contributed by atoms with E-state index in [9.17, 15) is 13.6 Å². The smallest absolute Gasteiger partial charge is 0.287 e. The van der Waals surface area contributed by atoms with Crippen LogP contribution in [0.25, 0.3) is 10.2 Å². The van der Waals surface area contributed by atoms with Crippen LogP contribution in [0.4, 0.5) is 14.5 Å². The summed E-state index contributed by atoms with van der Waals surface area (Å²) >= 11 is 1.20. The number of carbonyl (C=O) groups is 1. The number of amides is 1. The number of thiazole rings is 1. The number of halogens is 2. The molecule has 1 aliphatic heterocycles. The number of aromatic nitrogens is 1. The molecule has 7 nitrogen and oxygen atoms in total. The van der Waals surface area contributed by atoms with Gasteiger partial charge in [-0.2, -0.15) is 0 Å². The summed E-state index contributed by atoms with van der Waals surface area (Å²) in [5.41, 5.74) is 6.90. The predicted octanol–water partition coefficient (Wildman–Crippen LogP) is 3.34. The number of alkyl halides is 2. The van der Waals surface area contributed by atoms with Gasteiger partial charge in [-0.3, -0.25) is 9.80 Å². The maximum absolute atomic E-state index is 14.6. The van der Waals surface area contributed by atoms with Crippen molar-refractivity contribution in [2.45, 2.75) is 18.4 Å². The first-order chi connectivity index (χ1) is 14.9. The van der Waals surface area contributed by atoms with E-state index in [2.05, 4.69) is 4.98 Å². The number of hydrazine groups is 1. The van der Waals surface area contributed by atoms with Crippen LogP contribution in [0.15, 0.2) is 60.9 Å². The van der Waals surface area contributed by atoms with Crippen LogP contribution >= 0.6 is 11.3 Å². The van der Waals surface area contributed by atoms with E-state index < -0.39 is 18.4 Å². The molecule has 1 amide bonds. The molecular formula is C21H21F2N5O2S. The number of carbonyl (C=O) groups excluding carboxylic acids is 1. The summed E-state index contributed by atoms with van der Waals surface area (Å²) in [6.45, 7) is -0.328. The van der Waals surface area contributed by atoms with Crippen molar-refractivity contribution >= 4 is 33.1 Å². The molecule has 162 valence electrons. The average molecular weight is 445 g/mol. The van der Waals surface area contributed by atoms with E-state index in [1.54, 1.807) is 30.3 Å². The van der Waals surface area contributed by atoms with Gasteiger partial charge in [-0.25, -0.2) is 19.6 Å². The Morgan fingerprint density at radius 2 is 2.10 bits per heavy atom. The van der Waals surface area contributed by atoms with Crippen LogP contribution < -0.4 is 21.3 Å². The summed E-state index contributed by atoms with van der Waals surface area (Å²) in [4.78, 5) is 18.6. The molecule has 10 heteroatoms. The van der Waals surface area contributed by atoms with Crippen LogP contribution in [0.5, 0.6) is 5.19 Å². The molecule has 1 aliphatic rings. The Balaban J connectivity index is 1.52. The minimum absolute atomic E-state index is 0.0786. The number of piperidine rings is 1. The summed E-state index contributed by atoms with van der Waals surface area (Å²) in [5, 5.41) is 1.43. The fourth-order valence-electron chi connectivity index (χ4n) is 3.36. The summed E-state index contributed by atoms with van der Waals surface area (Å²) in [6, 6.07) is 13.9. The largest absolute Gasteiger partial charge is 0.458 e. The van der Waals surface area contributed by atoms with Gasteiger partial charge < -0.3 is 15.4 Å². The molecule has 1 aromatic heterocycles. The van der Waals surface area contributed by atoms with E-state index in [1.165, 1.54) is 33.6 Å². The Morgan fingerprint density at radius 1 is 1.29 bits per heavy atom. The van der Waals surface area contributed by atoms with E-state index in [0.717, 1.165) is 4.70 Å². The highest BCUT2D eigenvalue weighted by Gasteiger charge is 2.47. The number of ether oxygens (including phenoxy) is 1. The zero-order valence-corrected chi connectivity index (χ0v) is 17.3. The number of nitrogens with zero attached hydrogens (tertiary/aromatic N) is 3. The molecular weight excluding hydrogens is 424 g/mol. The third-order valence-electron chi connectivity index (χ3n) is 5.01. The Bertz CT molecular complexity index is 1090. The van der Waals surface area contributed by atoms with Gasteiger partial charge in [0.25, 0.3) is 17.0 Å². The Hall–Kier alpha value is -3.24. The third kappa shape index (κ3) is 4.44. The highest BCUT2D eigenvalue weighted by atomic mass is 32.1. The van der Waals surface area contributed by atoms with E-state index in [-0.39, 0.29) is 24.2 Å². The summed E-state index contributed by atoms with van der Waals surface area (Å²) in [6.07, 6.45) is 0.727. The Morgan fingerprint density at radius 3 is 2.87 bits per heavy atom. The zero-order chi connectivity index (χ0) is 22.0. The predicted molar refractivity (Wildman–Crippen MR) is 116 cm³/mol. The molecule has 1 unspecified atom stereocenters. The minimum Gasteiger partial charge on any atom is -0.458 e. The van der Waals surface area contributed by atoms with Crippen molar-refractivity contribution in [3.8, 4) is 5.19 Å². The van der Waals surface area contributed by atoms with E-state index in [4.69, 9.17) is 16.3 Å². The maximum Gasteiger partial charge on any atom is 0.287 e. The number of likely N-dealkylation sites (tertiary alicyclic amines) is 1. The van der Waals surface area contributed by atoms with E-state index in [0.29, 0.717) is 16.8 Å². The first kappa shape index (κ1) is 21.0. The number of hydrogen-bond acceptors (Lipinski definition) is 7. The third-order valence-corrected chi connectivity index (χ3v) is 5.94. The molecule has 0 spiro atoms. The molecule has 2 aromatic carbocycles. The molecule has 4 rings (SSSR count). The molecule has 0 aliphatic carbocycles. The number of nitrogens with two attached hydrogens (primary N) is 2. The van der Waals surface area contributed by atoms with Gasteiger partial charge in [0.05, 0.1) is 22.4 Å². The van der Waals surface area contributed by atoms with Crippen molar-refractivity contribution in [2.75, 3.05) is 18.1 Å². The van der Waals surface area contributed by atoms with Crippen LogP contribution in [0.3, 0.4) is 0 Å². The molecule has 1 atom stereocenters. The van der Waals surface area contributed by atoms with Crippen molar-refractivity contribution < 1.29 is 18.3 Å². The standard InChI is InChI=1S/C21H21F2N5O2S/c22-21(23)8-10-27(19(29)14-4-3-5-15(12-14)28(25)11-9-24)13-18(21)30-20-26-16-6-1-2-7-17(16)31-20/h1-7,9,11-12,18H,8,10,13,24-25H2/b11-9-. The van der Waals surface area contributed by atoms with Crippen molar-refractivity contribution in [1.29, 1.82) is 0 Å². The van der Waals surface area contributed by atoms with Crippen LogP contribution in [0.2, 0.25) is 0 Å². The summed E-state index contributed by atoms with van der Waals surface area (Å²) < 4.78 is 35.6. The number of benzene rings is 2. The van der Waals surface area contributed by atoms with Crippen molar-refractivity contribution in [2.24, 2.45) is 11.6 Å². The first-order valence-corrected chi connectivity index (χ1v) is 10.4. The summed E-state index contributed by atoms with van der Waals surface area (Å²) in [5.74, 6) is 2.40. The normalized spacial score (nSPS) is 18.4. The molecule has 0 bridgehead atoms. The van der Waals surface area contributed by atoms with Gasteiger partial charge >= 0.3 is 0 Å². The SMILES string of the molecule is N/C=C\N(N)c1cccc(C(=O)N2CCC(F)(F)C(Oc3nc4ccccc4s3)C2)c1. The Labute approximate surface area is 181 Å². The van der Waals surface area contributed by atoms with Gasteiger partial charge in [-0.05, 0) is 30.3 Å². The second kappa shape index (κ2) is 8.48. The molecule has 4 N–H and O–H groups in total. The first-order valence-electron chi connectivity index (χ1n) is 9.59. The maximum atomic E-state index is 14.6.